The molecule has 88 valence electrons. The first-order valence-corrected chi connectivity index (χ1v) is 5.50. The van der Waals surface area contributed by atoms with Gasteiger partial charge >= 0.3 is 6.16 Å². The monoisotopic (exact) mass is 274 g/mol. The zero-order chi connectivity index (χ0) is 11.9. The van der Waals surface area contributed by atoms with Gasteiger partial charge in [-0.25, -0.2) is 4.79 Å². The normalized spacial score (nSPS) is 12.5. The van der Waals surface area contributed by atoms with Crippen LogP contribution in [-0.2, 0) is 9.47 Å². The maximum Gasteiger partial charge on any atom is 0.508 e. The zero-order valence-electron chi connectivity index (χ0n) is 8.56. The molecule has 0 radical (unpaired) electrons. The smallest absolute Gasteiger partial charge is 0.430 e. The van der Waals surface area contributed by atoms with E-state index in [9.17, 15) is 4.79 Å². The summed E-state index contributed by atoms with van der Waals surface area (Å²) in [6.45, 7) is 3.79. The first-order valence-electron chi connectivity index (χ1n) is 4.37. The van der Waals surface area contributed by atoms with Crippen molar-refractivity contribution >= 4 is 41.0 Å². The lowest BCUT2D eigenvalue weighted by Gasteiger charge is -2.10. The van der Waals surface area contributed by atoms with E-state index in [1.54, 1.807) is 6.08 Å². The molecule has 0 N–H and O–H groups in total. The molecule has 0 amide bonds. The molecule has 0 heterocycles. The highest BCUT2D eigenvalue weighted by Gasteiger charge is 2.22. The number of hydrogen-bond donors (Lipinski definition) is 0. The molecule has 0 saturated heterocycles. The lowest BCUT2D eigenvalue weighted by molar-refractivity contribution is 0.0645. The molecule has 0 aromatic rings. The fourth-order valence-electron chi connectivity index (χ4n) is 0.579. The van der Waals surface area contributed by atoms with E-state index in [0.29, 0.717) is 0 Å². The number of hydrogen-bond acceptors (Lipinski definition) is 3. The van der Waals surface area contributed by atoms with Crippen LogP contribution >= 0.6 is 34.8 Å². The molecule has 15 heavy (non-hydrogen) atoms. The van der Waals surface area contributed by atoms with Gasteiger partial charge in [0.2, 0.25) is 3.79 Å². The third kappa shape index (κ3) is 10.2. The van der Waals surface area contributed by atoms with Crippen molar-refractivity contribution in [1.29, 1.82) is 0 Å². The molecular formula is C9H13Cl3O3. The molecule has 0 aliphatic rings. The van der Waals surface area contributed by atoms with E-state index in [2.05, 4.69) is 4.74 Å². The van der Waals surface area contributed by atoms with Crippen molar-refractivity contribution in [3.05, 3.63) is 11.6 Å². The van der Waals surface area contributed by atoms with Gasteiger partial charge in [0.05, 0.1) is 0 Å². The van der Waals surface area contributed by atoms with E-state index in [0.717, 1.165) is 12.0 Å². The van der Waals surface area contributed by atoms with Crippen LogP contribution in [0.3, 0.4) is 0 Å². The summed E-state index contributed by atoms with van der Waals surface area (Å²) in [7, 11) is 0. The molecule has 0 aliphatic carbocycles. The van der Waals surface area contributed by atoms with E-state index in [1.165, 1.54) is 0 Å². The van der Waals surface area contributed by atoms with Crippen LogP contribution in [0.2, 0.25) is 0 Å². The van der Waals surface area contributed by atoms with Gasteiger partial charge in [0.15, 0.2) is 0 Å². The fourth-order valence-corrected chi connectivity index (χ4v) is 0.742. The molecule has 6 heteroatoms. The first kappa shape index (κ1) is 14.9. The molecule has 0 saturated carbocycles. The minimum atomic E-state index is -1.60. The van der Waals surface area contributed by atoms with Gasteiger partial charge in [-0.15, -0.1) is 0 Å². The highest BCUT2D eigenvalue weighted by Crippen LogP contribution is 2.25. The molecule has 0 bridgehead atoms. The Bertz CT molecular complexity index is 233. The molecule has 0 aliphatic heterocycles. The van der Waals surface area contributed by atoms with Gasteiger partial charge in [-0.1, -0.05) is 47.3 Å². The molecule has 0 unspecified atom stereocenters. The molecular weight excluding hydrogens is 262 g/mol. The number of allylic oxidation sites excluding steroid dienone is 1. The average Bonchev–Trinajstić information content (AvgIpc) is 2.13. The molecule has 0 atom stereocenters. The van der Waals surface area contributed by atoms with Crippen molar-refractivity contribution in [2.45, 2.75) is 24.1 Å². The number of carbonyl (C=O) groups excluding carboxylic acids is 1. The van der Waals surface area contributed by atoms with Crippen LogP contribution in [0.5, 0.6) is 0 Å². The SMILES string of the molecule is CC/C(C)=C\COC(=O)OCC(Cl)(Cl)Cl. The van der Waals surface area contributed by atoms with E-state index in [-0.39, 0.29) is 13.2 Å². The van der Waals surface area contributed by atoms with E-state index in [1.807, 2.05) is 13.8 Å². The number of ether oxygens (including phenoxy) is 2. The van der Waals surface area contributed by atoms with Gasteiger partial charge in [0, 0.05) is 0 Å². The van der Waals surface area contributed by atoms with Gasteiger partial charge in [0.25, 0.3) is 0 Å². The number of carbonyl (C=O) groups is 1. The van der Waals surface area contributed by atoms with Gasteiger partial charge < -0.3 is 9.47 Å². The van der Waals surface area contributed by atoms with Crippen LogP contribution in [-0.4, -0.2) is 23.2 Å². The summed E-state index contributed by atoms with van der Waals surface area (Å²) >= 11 is 16.1. The van der Waals surface area contributed by atoms with Crippen LogP contribution in [0.1, 0.15) is 20.3 Å². The lowest BCUT2D eigenvalue weighted by Crippen LogP contribution is -2.18. The predicted octanol–water partition coefficient (Wildman–Crippen LogP) is 3.87. The molecule has 0 aromatic heterocycles. The van der Waals surface area contributed by atoms with Crippen molar-refractivity contribution in [2.24, 2.45) is 0 Å². The van der Waals surface area contributed by atoms with Gasteiger partial charge in [-0.2, -0.15) is 0 Å². The number of alkyl halides is 3. The Labute approximate surface area is 104 Å². The quantitative estimate of drug-likeness (QED) is 0.444. The zero-order valence-corrected chi connectivity index (χ0v) is 10.8. The maximum absolute atomic E-state index is 10.9. The van der Waals surface area contributed by atoms with Crippen molar-refractivity contribution in [1.82, 2.24) is 0 Å². The first-order chi connectivity index (χ1) is 6.85. The molecule has 3 nitrogen and oxygen atoms in total. The summed E-state index contributed by atoms with van der Waals surface area (Å²) in [4.78, 5) is 10.9. The average molecular weight is 276 g/mol. The number of halogens is 3. The van der Waals surface area contributed by atoms with E-state index >= 15 is 0 Å². The Balaban J connectivity index is 3.68. The minimum Gasteiger partial charge on any atom is -0.430 e. The summed E-state index contributed by atoms with van der Waals surface area (Å²) in [6.07, 6.45) is 1.85. The molecule has 0 rings (SSSR count). The predicted molar refractivity (Wildman–Crippen MR) is 61.6 cm³/mol. The Morgan fingerprint density at radius 1 is 1.33 bits per heavy atom. The van der Waals surface area contributed by atoms with Gasteiger partial charge in [-0.05, 0) is 19.4 Å². The Morgan fingerprint density at radius 2 is 1.93 bits per heavy atom. The van der Waals surface area contributed by atoms with E-state index in [4.69, 9.17) is 39.5 Å². The van der Waals surface area contributed by atoms with Crippen molar-refractivity contribution in [2.75, 3.05) is 13.2 Å². The topological polar surface area (TPSA) is 35.5 Å². The second kappa shape index (κ2) is 7.20. The van der Waals surface area contributed by atoms with Gasteiger partial charge in [0.1, 0.15) is 13.2 Å². The molecule has 0 spiro atoms. The Morgan fingerprint density at radius 3 is 2.40 bits per heavy atom. The van der Waals surface area contributed by atoms with Crippen LogP contribution < -0.4 is 0 Å². The minimum absolute atomic E-state index is 0.165. The Hall–Kier alpha value is -0.120. The third-order valence-electron chi connectivity index (χ3n) is 1.54. The van der Waals surface area contributed by atoms with E-state index < -0.39 is 9.95 Å². The summed E-state index contributed by atoms with van der Waals surface area (Å²) < 4.78 is 7.63. The van der Waals surface area contributed by atoms with Crippen LogP contribution in [0.25, 0.3) is 0 Å². The molecule has 0 fully saturated rings. The maximum atomic E-state index is 10.9. The molecule has 0 aromatic carbocycles. The van der Waals surface area contributed by atoms with Crippen LogP contribution in [0, 0.1) is 0 Å². The highest BCUT2D eigenvalue weighted by molar-refractivity contribution is 6.67. The Kier molecular flexibility index (Phi) is 7.14. The van der Waals surface area contributed by atoms with Crippen LogP contribution in [0.15, 0.2) is 11.6 Å². The van der Waals surface area contributed by atoms with Crippen molar-refractivity contribution in [3.8, 4) is 0 Å². The van der Waals surface area contributed by atoms with Crippen molar-refractivity contribution < 1.29 is 14.3 Å². The highest BCUT2D eigenvalue weighted by atomic mass is 35.6. The largest absolute Gasteiger partial charge is 0.508 e. The van der Waals surface area contributed by atoms with Gasteiger partial charge in [-0.3, -0.25) is 0 Å². The summed E-state index contributed by atoms with van der Waals surface area (Å²) in [6, 6.07) is 0. The lowest BCUT2D eigenvalue weighted by atomic mass is 10.2. The summed E-state index contributed by atoms with van der Waals surface area (Å²) in [5, 5.41) is 0. The van der Waals surface area contributed by atoms with Crippen LogP contribution in [0.4, 0.5) is 4.79 Å². The standard InChI is InChI=1S/C9H13Cl3O3/c1-3-7(2)4-5-14-8(13)15-6-9(10,11)12/h4H,3,5-6H2,1-2H3/b7-4-. The second-order valence-electron chi connectivity index (χ2n) is 2.87. The third-order valence-corrected chi connectivity index (χ3v) is 1.87. The number of rotatable bonds is 4. The second-order valence-corrected chi connectivity index (χ2v) is 5.38. The fraction of sp³-hybridized carbons (Fsp3) is 0.667. The van der Waals surface area contributed by atoms with Crippen molar-refractivity contribution in [3.63, 3.8) is 0 Å². The summed E-state index contributed by atoms with van der Waals surface area (Å²) in [5.74, 6) is 0. The summed E-state index contributed by atoms with van der Waals surface area (Å²) in [5.41, 5.74) is 1.13.